The highest BCUT2D eigenvalue weighted by Crippen LogP contribution is 2.14. The van der Waals surface area contributed by atoms with Crippen molar-refractivity contribution in [1.29, 1.82) is 5.26 Å². The van der Waals surface area contributed by atoms with Crippen LogP contribution >= 0.6 is 0 Å². The number of nitrogens with zero attached hydrogens (tertiary/aromatic N) is 2. The maximum absolute atomic E-state index is 11.9. The summed E-state index contributed by atoms with van der Waals surface area (Å²) < 4.78 is 0. The first kappa shape index (κ1) is 18.9. The molecule has 0 saturated heterocycles. The van der Waals surface area contributed by atoms with Gasteiger partial charge >= 0.3 is 0 Å². The fourth-order valence-electron chi connectivity index (χ4n) is 2.15. The molecule has 2 amide bonds. The van der Waals surface area contributed by atoms with Crippen LogP contribution in [-0.2, 0) is 9.59 Å². The van der Waals surface area contributed by atoms with E-state index in [2.05, 4.69) is 15.8 Å². The van der Waals surface area contributed by atoms with Gasteiger partial charge < -0.3 is 5.32 Å². The zero-order valence-electron chi connectivity index (χ0n) is 14.7. The molecule has 2 aromatic carbocycles. The summed E-state index contributed by atoms with van der Waals surface area (Å²) >= 11 is 0. The third kappa shape index (κ3) is 5.87. The van der Waals surface area contributed by atoms with Crippen LogP contribution in [0.25, 0.3) is 0 Å². The molecular formula is C20H20N4O2. The molecule has 0 radical (unpaired) electrons. The second-order valence-electron chi connectivity index (χ2n) is 5.87. The maximum Gasteiger partial charge on any atom is 0.240 e. The van der Waals surface area contributed by atoms with Crippen LogP contribution in [0.2, 0.25) is 0 Å². The summed E-state index contributed by atoms with van der Waals surface area (Å²) in [5.74, 6) is -0.565. The number of benzene rings is 2. The van der Waals surface area contributed by atoms with Gasteiger partial charge in [0.15, 0.2) is 0 Å². The summed E-state index contributed by atoms with van der Waals surface area (Å²) in [5.41, 5.74) is 6.67. The van der Waals surface area contributed by atoms with Crippen molar-refractivity contribution >= 4 is 23.7 Å². The second-order valence-corrected chi connectivity index (χ2v) is 5.87. The molecule has 6 heteroatoms. The van der Waals surface area contributed by atoms with Gasteiger partial charge in [-0.1, -0.05) is 18.2 Å². The van der Waals surface area contributed by atoms with Crippen molar-refractivity contribution in [2.24, 2.45) is 5.10 Å². The SMILES string of the molecule is Cc1ccc(NC(=O)CCC(=O)N/N=C/c2ccc(C#N)cc2)cc1C. The van der Waals surface area contributed by atoms with Crippen LogP contribution < -0.4 is 10.7 Å². The Morgan fingerprint density at radius 2 is 1.73 bits per heavy atom. The smallest absolute Gasteiger partial charge is 0.240 e. The lowest BCUT2D eigenvalue weighted by Gasteiger charge is -2.07. The zero-order chi connectivity index (χ0) is 18.9. The van der Waals surface area contributed by atoms with Gasteiger partial charge in [0.25, 0.3) is 0 Å². The van der Waals surface area contributed by atoms with E-state index in [9.17, 15) is 9.59 Å². The van der Waals surface area contributed by atoms with Gasteiger partial charge in [0, 0.05) is 18.5 Å². The minimum absolute atomic E-state index is 0.0430. The Labute approximate surface area is 152 Å². The lowest BCUT2D eigenvalue weighted by atomic mass is 10.1. The molecule has 6 nitrogen and oxygen atoms in total. The van der Waals surface area contributed by atoms with Crippen LogP contribution in [0.5, 0.6) is 0 Å². The molecule has 0 heterocycles. The molecule has 0 fully saturated rings. The summed E-state index contributed by atoms with van der Waals surface area (Å²) in [6.07, 6.45) is 1.60. The number of hydrazone groups is 1. The van der Waals surface area contributed by atoms with Crippen molar-refractivity contribution in [2.45, 2.75) is 26.7 Å². The predicted octanol–water partition coefficient (Wildman–Crippen LogP) is 3.04. The average Bonchev–Trinajstić information content (AvgIpc) is 2.63. The van der Waals surface area contributed by atoms with Gasteiger partial charge in [-0.25, -0.2) is 5.43 Å². The lowest BCUT2D eigenvalue weighted by Crippen LogP contribution is -2.20. The van der Waals surface area contributed by atoms with Gasteiger partial charge in [0.2, 0.25) is 11.8 Å². The second kappa shape index (κ2) is 9.14. The van der Waals surface area contributed by atoms with Crippen LogP contribution in [-0.4, -0.2) is 18.0 Å². The lowest BCUT2D eigenvalue weighted by molar-refractivity contribution is -0.124. The van der Waals surface area contributed by atoms with Crippen LogP contribution in [0.4, 0.5) is 5.69 Å². The topological polar surface area (TPSA) is 94.3 Å². The Morgan fingerprint density at radius 3 is 2.38 bits per heavy atom. The van der Waals surface area contributed by atoms with Crippen molar-refractivity contribution < 1.29 is 9.59 Å². The zero-order valence-corrected chi connectivity index (χ0v) is 14.7. The summed E-state index contributed by atoms with van der Waals surface area (Å²) in [6, 6.07) is 14.5. The molecule has 0 bridgehead atoms. The number of hydrogen-bond acceptors (Lipinski definition) is 4. The highest BCUT2D eigenvalue weighted by Gasteiger charge is 2.07. The highest BCUT2D eigenvalue weighted by molar-refractivity contribution is 5.93. The molecule has 2 N–H and O–H groups in total. The first-order chi connectivity index (χ1) is 12.5. The first-order valence-electron chi connectivity index (χ1n) is 8.17. The largest absolute Gasteiger partial charge is 0.326 e. The van der Waals surface area contributed by atoms with E-state index in [0.29, 0.717) is 5.56 Å². The minimum Gasteiger partial charge on any atom is -0.326 e. The molecule has 0 aliphatic carbocycles. The Kier molecular flexibility index (Phi) is 6.63. The quantitative estimate of drug-likeness (QED) is 0.620. The van der Waals surface area contributed by atoms with Gasteiger partial charge in [0.05, 0.1) is 17.8 Å². The third-order valence-corrected chi connectivity index (χ3v) is 3.81. The van der Waals surface area contributed by atoms with Crippen molar-refractivity contribution in [3.8, 4) is 6.07 Å². The number of carbonyl (C=O) groups is 2. The molecular weight excluding hydrogens is 328 g/mol. The number of carbonyl (C=O) groups excluding carboxylic acids is 2. The average molecular weight is 348 g/mol. The number of amides is 2. The summed E-state index contributed by atoms with van der Waals surface area (Å²) in [7, 11) is 0. The molecule has 2 rings (SSSR count). The van der Waals surface area contributed by atoms with Crippen molar-refractivity contribution in [3.05, 3.63) is 64.7 Å². The van der Waals surface area contributed by atoms with Crippen LogP contribution in [0.3, 0.4) is 0 Å². The Balaban J connectivity index is 1.75. The summed E-state index contributed by atoms with van der Waals surface area (Å²) in [4.78, 5) is 23.7. The molecule has 0 unspecified atom stereocenters. The number of anilines is 1. The van der Waals surface area contributed by atoms with E-state index in [4.69, 9.17) is 5.26 Å². The first-order valence-corrected chi connectivity index (χ1v) is 8.17. The summed E-state index contributed by atoms with van der Waals surface area (Å²) in [5, 5.41) is 15.3. The van der Waals surface area contributed by atoms with Gasteiger partial charge in [-0.15, -0.1) is 0 Å². The predicted molar refractivity (Wildman–Crippen MR) is 101 cm³/mol. The molecule has 132 valence electrons. The highest BCUT2D eigenvalue weighted by atomic mass is 16.2. The fraction of sp³-hybridized carbons (Fsp3) is 0.200. The molecule has 2 aromatic rings. The van der Waals surface area contributed by atoms with E-state index in [1.807, 2.05) is 38.1 Å². The molecule has 0 spiro atoms. The van der Waals surface area contributed by atoms with Gasteiger partial charge in [-0.3, -0.25) is 9.59 Å². The van der Waals surface area contributed by atoms with Crippen LogP contribution in [0, 0.1) is 25.2 Å². The number of aryl methyl sites for hydroxylation is 2. The Morgan fingerprint density at radius 1 is 1.04 bits per heavy atom. The minimum atomic E-state index is -0.342. The van der Waals surface area contributed by atoms with Crippen molar-refractivity contribution in [2.75, 3.05) is 5.32 Å². The molecule has 0 aliphatic rings. The van der Waals surface area contributed by atoms with E-state index in [1.54, 1.807) is 24.3 Å². The number of rotatable bonds is 6. The Hall–Kier alpha value is -3.46. The fourth-order valence-corrected chi connectivity index (χ4v) is 2.15. The number of nitrogens with one attached hydrogen (secondary N) is 2. The molecule has 26 heavy (non-hydrogen) atoms. The van der Waals surface area contributed by atoms with Gasteiger partial charge in [0.1, 0.15) is 0 Å². The monoisotopic (exact) mass is 348 g/mol. The maximum atomic E-state index is 11.9. The molecule has 0 saturated carbocycles. The van der Waals surface area contributed by atoms with E-state index in [-0.39, 0.29) is 24.7 Å². The van der Waals surface area contributed by atoms with E-state index in [1.165, 1.54) is 6.21 Å². The normalized spacial score (nSPS) is 10.3. The molecule has 0 aliphatic heterocycles. The summed E-state index contributed by atoms with van der Waals surface area (Å²) in [6.45, 7) is 3.98. The Bertz CT molecular complexity index is 864. The van der Waals surface area contributed by atoms with Crippen molar-refractivity contribution in [1.82, 2.24) is 5.43 Å². The van der Waals surface area contributed by atoms with Crippen LogP contribution in [0.15, 0.2) is 47.6 Å². The standard InChI is InChI=1S/C20H20N4O2/c1-14-3-8-18(11-15(14)2)23-19(25)9-10-20(26)24-22-13-17-6-4-16(12-21)5-7-17/h3-8,11,13H,9-10H2,1-2H3,(H,23,25)(H,24,26)/b22-13+. The van der Waals surface area contributed by atoms with E-state index in [0.717, 1.165) is 22.4 Å². The third-order valence-electron chi connectivity index (χ3n) is 3.81. The van der Waals surface area contributed by atoms with Gasteiger partial charge in [-0.05, 0) is 54.8 Å². The van der Waals surface area contributed by atoms with Gasteiger partial charge in [-0.2, -0.15) is 10.4 Å². The molecule has 0 atom stereocenters. The number of nitriles is 1. The van der Waals surface area contributed by atoms with E-state index < -0.39 is 0 Å². The number of hydrogen-bond donors (Lipinski definition) is 2. The van der Waals surface area contributed by atoms with Crippen LogP contribution in [0.1, 0.15) is 35.1 Å². The van der Waals surface area contributed by atoms with Crippen molar-refractivity contribution in [3.63, 3.8) is 0 Å². The van der Waals surface area contributed by atoms with E-state index >= 15 is 0 Å². The molecule has 0 aromatic heterocycles.